The molecule has 0 bridgehead atoms. The van der Waals surface area contributed by atoms with E-state index >= 15 is 0 Å². The minimum absolute atomic E-state index is 0.0153. The molecule has 5 rings (SSSR count). The van der Waals surface area contributed by atoms with E-state index in [0.717, 1.165) is 38.5 Å². The van der Waals surface area contributed by atoms with E-state index in [0.29, 0.717) is 44.0 Å². The molecular formula is C21H32O5. The fourth-order valence-corrected chi connectivity index (χ4v) is 7.62. The molecule has 1 spiro atoms. The van der Waals surface area contributed by atoms with E-state index in [1.54, 1.807) is 0 Å². The standard InChI is InChI=1S/C21H32O5/c1-19-6-3-13(22)11-17(19)18(23)24-12-14-15(19)4-7-20(2)16(14)5-8-21(20)25-9-10-26-21/h13-17,22H,3-12H2,1-2H3/t13-,14+,15-,16-,17+,19+,20-/m0/s1. The number of aliphatic hydroxyl groups is 1. The zero-order chi connectivity index (χ0) is 18.2. The molecule has 3 saturated carbocycles. The number of hydrogen-bond acceptors (Lipinski definition) is 5. The molecule has 3 aliphatic carbocycles. The number of aliphatic hydroxyl groups excluding tert-OH is 1. The van der Waals surface area contributed by atoms with Gasteiger partial charge >= 0.3 is 5.97 Å². The summed E-state index contributed by atoms with van der Waals surface area (Å²) in [6.07, 6.45) is 6.20. The van der Waals surface area contributed by atoms with Crippen molar-refractivity contribution in [2.75, 3.05) is 19.8 Å². The molecule has 5 nitrogen and oxygen atoms in total. The lowest BCUT2D eigenvalue weighted by Crippen LogP contribution is -2.55. The number of fused-ring (bicyclic) bond motifs is 6. The maximum atomic E-state index is 12.8. The molecule has 7 atom stereocenters. The topological polar surface area (TPSA) is 65.0 Å². The van der Waals surface area contributed by atoms with E-state index in [2.05, 4.69) is 13.8 Å². The molecule has 2 aliphatic heterocycles. The molecule has 5 fully saturated rings. The first-order valence-corrected chi connectivity index (χ1v) is 10.5. The number of carbonyl (C=O) groups is 1. The highest BCUT2D eigenvalue weighted by molar-refractivity contribution is 5.74. The van der Waals surface area contributed by atoms with Crippen LogP contribution in [0.5, 0.6) is 0 Å². The Hall–Kier alpha value is -0.650. The molecule has 0 unspecified atom stereocenters. The monoisotopic (exact) mass is 364 g/mol. The predicted molar refractivity (Wildman–Crippen MR) is 94.1 cm³/mol. The third-order valence-electron chi connectivity index (χ3n) is 9.10. The van der Waals surface area contributed by atoms with E-state index in [1.807, 2.05) is 0 Å². The number of carbonyl (C=O) groups excluding carboxylic acids is 1. The third kappa shape index (κ3) is 2.11. The van der Waals surface area contributed by atoms with Crippen LogP contribution in [0.1, 0.15) is 58.8 Å². The van der Waals surface area contributed by atoms with Crippen molar-refractivity contribution in [3.8, 4) is 0 Å². The van der Waals surface area contributed by atoms with Gasteiger partial charge in [0, 0.05) is 17.8 Å². The number of cyclic esters (lactones) is 1. The van der Waals surface area contributed by atoms with Gasteiger partial charge in [0.1, 0.15) is 0 Å². The van der Waals surface area contributed by atoms with Gasteiger partial charge in [-0.1, -0.05) is 13.8 Å². The van der Waals surface area contributed by atoms with Gasteiger partial charge in [0.15, 0.2) is 5.79 Å². The number of esters is 1. The second kappa shape index (κ2) is 5.68. The molecule has 0 aromatic heterocycles. The Morgan fingerprint density at radius 3 is 2.50 bits per heavy atom. The van der Waals surface area contributed by atoms with Crippen LogP contribution in [0.15, 0.2) is 0 Å². The number of hydrogen-bond donors (Lipinski definition) is 1. The van der Waals surface area contributed by atoms with Gasteiger partial charge in [0.2, 0.25) is 0 Å². The lowest BCUT2D eigenvalue weighted by atomic mass is 9.49. The average Bonchev–Trinajstić information content (AvgIpc) is 3.19. The first kappa shape index (κ1) is 17.4. The van der Waals surface area contributed by atoms with E-state index in [-0.39, 0.29) is 28.8 Å². The van der Waals surface area contributed by atoms with Gasteiger partial charge < -0.3 is 19.3 Å². The molecule has 0 aromatic carbocycles. The molecule has 2 saturated heterocycles. The number of rotatable bonds is 0. The van der Waals surface area contributed by atoms with E-state index in [1.165, 1.54) is 0 Å². The second-order valence-corrected chi connectivity index (χ2v) is 9.94. The van der Waals surface area contributed by atoms with Gasteiger partial charge in [-0.15, -0.1) is 0 Å². The van der Waals surface area contributed by atoms with Crippen LogP contribution in [-0.4, -0.2) is 42.8 Å². The van der Waals surface area contributed by atoms with Crippen LogP contribution >= 0.6 is 0 Å². The summed E-state index contributed by atoms with van der Waals surface area (Å²) in [5.74, 6) is 0.705. The van der Waals surface area contributed by atoms with Crippen molar-refractivity contribution in [1.29, 1.82) is 0 Å². The van der Waals surface area contributed by atoms with Crippen molar-refractivity contribution in [3.05, 3.63) is 0 Å². The minimum Gasteiger partial charge on any atom is -0.465 e. The summed E-state index contributed by atoms with van der Waals surface area (Å²) in [7, 11) is 0. The lowest BCUT2D eigenvalue weighted by molar-refractivity contribution is -0.243. The first-order valence-electron chi connectivity index (χ1n) is 10.5. The Labute approximate surface area is 155 Å². The van der Waals surface area contributed by atoms with Gasteiger partial charge in [-0.2, -0.15) is 0 Å². The van der Waals surface area contributed by atoms with E-state index < -0.39 is 5.79 Å². The summed E-state index contributed by atoms with van der Waals surface area (Å²) in [6.45, 7) is 6.57. The van der Waals surface area contributed by atoms with Gasteiger partial charge in [-0.3, -0.25) is 4.79 Å². The largest absolute Gasteiger partial charge is 0.465 e. The van der Waals surface area contributed by atoms with Gasteiger partial charge in [-0.25, -0.2) is 0 Å². The Morgan fingerprint density at radius 2 is 1.73 bits per heavy atom. The fraction of sp³-hybridized carbons (Fsp3) is 0.952. The third-order valence-corrected chi connectivity index (χ3v) is 9.10. The lowest BCUT2D eigenvalue weighted by Gasteiger charge is -2.55. The normalized spacial score (nSPS) is 52.7. The van der Waals surface area contributed by atoms with Crippen LogP contribution in [0.2, 0.25) is 0 Å². The molecule has 5 heteroatoms. The van der Waals surface area contributed by atoms with Crippen molar-refractivity contribution >= 4 is 5.97 Å². The minimum atomic E-state index is -0.415. The van der Waals surface area contributed by atoms with Crippen LogP contribution in [-0.2, 0) is 19.0 Å². The zero-order valence-corrected chi connectivity index (χ0v) is 16.0. The Kier molecular flexibility index (Phi) is 3.81. The molecule has 1 N–H and O–H groups in total. The van der Waals surface area contributed by atoms with Gasteiger partial charge in [-0.05, 0) is 55.8 Å². The molecular weight excluding hydrogens is 332 g/mol. The average molecular weight is 364 g/mol. The fourth-order valence-electron chi connectivity index (χ4n) is 7.62. The first-order chi connectivity index (χ1) is 12.4. The molecule has 2 heterocycles. The summed E-state index contributed by atoms with van der Waals surface area (Å²) >= 11 is 0. The summed E-state index contributed by atoms with van der Waals surface area (Å²) < 4.78 is 18.2. The van der Waals surface area contributed by atoms with Crippen LogP contribution in [0, 0.1) is 34.5 Å². The number of ether oxygens (including phenoxy) is 3. The van der Waals surface area contributed by atoms with Crippen molar-refractivity contribution < 1.29 is 24.1 Å². The van der Waals surface area contributed by atoms with Gasteiger partial charge in [0.25, 0.3) is 0 Å². The molecule has 26 heavy (non-hydrogen) atoms. The summed E-state index contributed by atoms with van der Waals surface area (Å²) in [6, 6.07) is 0. The van der Waals surface area contributed by atoms with E-state index in [9.17, 15) is 9.90 Å². The maximum absolute atomic E-state index is 12.8. The van der Waals surface area contributed by atoms with Crippen molar-refractivity contribution in [2.24, 2.45) is 34.5 Å². The van der Waals surface area contributed by atoms with Crippen LogP contribution in [0.25, 0.3) is 0 Å². The highest BCUT2D eigenvalue weighted by Crippen LogP contribution is 2.67. The van der Waals surface area contributed by atoms with Crippen LogP contribution in [0.3, 0.4) is 0 Å². The highest BCUT2D eigenvalue weighted by atomic mass is 16.7. The van der Waals surface area contributed by atoms with Crippen LogP contribution in [0.4, 0.5) is 0 Å². The smallest absolute Gasteiger partial charge is 0.309 e. The molecule has 0 radical (unpaired) electrons. The highest BCUT2D eigenvalue weighted by Gasteiger charge is 2.67. The van der Waals surface area contributed by atoms with Crippen molar-refractivity contribution in [3.63, 3.8) is 0 Å². The Balaban J connectivity index is 1.50. The summed E-state index contributed by atoms with van der Waals surface area (Å²) in [5.41, 5.74) is -0.0343. The predicted octanol–water partition coefficient (Wildman–Crippen LogP) is 2.90. The van der Waals surface area contributed by atoms with E-state index in [4.69, 9.17) is 14.2 Å². The van der Waals surface area contributed by atoms with Crippen molar-refractivity contribution in [2.45, 2.75) is 70.7 Å². The SMILES string of the molecule is C[C@]12CC[C@H](O)C[C@@H]1C(=O)OC[C@@H]1[C@@H]2CC[C@@]2(C)[C@H]1CCC21OCCO1. The van der Waals surface area contributed by atoms with Crippen molar-refractivity contribution in [1.82, 2.24) is 0 Å². The zero-order valence-electron chi connectivity index (χ0n) is 16.0. The Morgan fingerprint density at radius 1 is 1.00 bits per heavy atom. The van der Waals surface area contributed by atoms with Crippen LogP contribution < -0.4 is 0 Å². The summed E-state index contributed by atoms with van der Waals surface area (Å²) in [5, 5.41) is 10.2. The quantitative estimate of drug-likeness (QED) is 0.670. The second-order valence-electron chi connectivity index (χ2n) is 9.94. The van der Waals surface area contributed by atoms with Gasteiger partial charge in [0.05, 0.1) is 31.8 Å². The summed E-state index contributed by atoms with van der Waals surface area (Å²) in [4.78, 5) is 12.8. The maximum Gasteiger partial charge on any atom is 0.309 e. The Bertz CT molecular complexity index is 599. The molecule has 0 amide bonds. The molecule has 5 aliphatic rings. The molecule has 146 valence electrons. The molecule has 0 aromatic rings.